The number of hydrogen-bond donors (Lipinski definition) is 1. The van der Waals surface area contributed by atoms with E-state index >= 15 is 0 Å². The number of rotatable bonds is 22. The van der Waals surface area contributed by atoms with Crippen molar-refractivity contribution in [3.63, 3.8) is 0 Å². The van der Waals surface area contributed by atoms with Gasteiger partial charge in [0.2, 0.25) is 0 Å². The third-order valence-electron chi connectivity index (χ3n) is 5.33. The highest BCUT2D eigenvalue weighted by Crippen LogP contribution is 2.01. The van der Waals surface area contributed by atoms with Crippen molar-refractivity contribution in [3.05, 3.63) is 71.8 Å². The molecule has 0 bridgehead atoms. The third-order valence-corrected chi connectivity index (χ3v) is 5.93. The summed E-state index contributed by atoms with van der Waals surface area (Å²) >= 11 is 0. The number of hydrogen-bond acceptors (Lipinski definition) is 13. The molecule has 1 N–H and O–H groups in total. The van der Waals surface area contributed by atoms with Crippen LogP contribution in [-0.4, -0.2) is 110 Å². The molecule has 0 saturated heterocycles. The van der Waals surface area contributed by atoms with Gasteiger partial charge in [-0.1, -0.05) is 60.7 Å². The lowest BCUT2D eigenvalue weighted by Crippen LogP contribution is -2.25. The Bertz CT molecular complexity index is 1130. The fourth-order valence-electron chi connectivity index (χ4n) is 3.09. The number of carbonyl (C=O) groups excluding carboxylic acids is 2. The first kappa shape index (κ1) is 44.1. The Hall–Kier alpha value is -2.95. The molecule has 0 radical (unpaired) electrons. The summed E-state index contributed by atoms with van der Waals surface area (Å²) < 4.78 is 61.7. The zero-order valence-corrected chi connectivity index (χ0v) is 29.0. The van der Waals surface area contributed by atoms with Crippen LogP contribution in [0.25, 0.3) is 0 Å². The van der Waals surface area contributed by atoms with E-state index in [2.05, 4.69) is 8.92 Å². The Morgan fingerprint density at radius 1 is 0.638 bits per heavy atom. The second kappa shape index (κ2) is 29.2. The summed E-state index contributed by atoms with van der Waals surface area (Å²) in [6, 6.07) is 19.8. The standard InChI is InChI=1S/C16H24O5.C12H18O5S.C5H10O3/c1-3-20-16(17)14(2)21-12-11-18-9-10-19-13-15-7-5-4-6-8-15;1-18(13,14)17-10-9-15-7-8-16-11-12-5-3-2-4-6-12;1-3-8-5(7)4(2)6/h4-8,14H,3,9-13H2,1-2H3;2-6H,7-11H2,1H3;4,6H,3H2,1-2H3/t14-;;4-/m0.0/s1. The van der Waals surface area contributed by atoms with Gasteiger partial charge in [-0.05, 0) is 38.8 Å². The number of carbonyl (C=O) groups is 2. The molecular formula is C33H52O13S. The van der Waals surface area contributed by atoms with Crippen LogP contribution in [0.5, 0.6) is 0 Å². The first-order valence-electron chi connectivity index (χ1n) is 15.4. The van der Waals surface area contributed by atoms with E-state index in [-0.39, 0.29) is 19.2 Å². The van der Waals surface area contributed by atoms with Crippen LogP contribution >= 0.6 is 0 Å². The lowest BCUT2D eigenvalue weighted by atomic mass is 10.2. The molecule has 2 aromatic carbocycles. The Kier molecular flexibility index (Phi) is 27.4. The van der Waals surface area contributed by atoms with Crippen molar-refractivity contribution >= 4 is 22.1 Å². The highest BCUT2D eigenvalue weighted by molar-refractivity contribution is 7.85. The van der Waals surface area contributed by atoms with Crippen molar-refractivity contribution in [1.82, 2.24) is 0 Å². The van der Waals surface area contributed by atoms with Crippen LogP contribution in [0.2, 0.25) is 0 Å². The Balaban J connectivity index is 0.000000740. The van der Waals surface area contributed by atoms with Gasteiger partial charge in [0.25, 0.3) is 10.1 Å². The highest BCUT2D eigenvalue weighted by atomic mass is 32.2. The molecule has 0 saturated carbocycles. The van der Waals surface area contributed by atoms with Crippen LogP contribution in [0.4, 0.5) is 0 Å². The van der Waals surface area contributed by atoms with Crippen molar-refractivity contribution in [2.45, 2.75) is 53.1 Å². The lowest BCUT2D eigenvalue weighted by Gasteiger charge is -2.12. The Labute approximate surface area is 279 Å². The van der Waals surface area contributed by atoms with Gasteiger partial charge in [-0.2, -0.15) is 8.42 Å². The van der Waals surface area contributed by atoms with Gasteiger partial charge in [-0.25, -0.2) is 9.59 Å². The molecule has 2 aromatic rings. The summed E-state index contributed by atoms with van der Waals surface area (Å²) in [5, 5.41) is 8.48. The van der Waals surface area contributed by atoms with Crippen LogP contribution in [0.15, 0.2) is 60.7 Å². The average Bonchev–Trinajstić information content (AvgIpc) is 3.04. The van der Waals surface area contributed by atoms with Crippen molar-refractivity contribution in [1.29, 1.82) is 0 Å². The predicted molar refractivity (Wildman–Crippen MR) is 175 cm³/mol. The number of aliphatic hydroxyl groups is 1. The van der Waals surface area contributed by atoms with Crippen molar-refractivity contribution in [2.24, 2.45) is 0 Å². The molecule has 0 fully saturated rings. The molecule has 0 aromatic heterocycles. The highest BCUT2D eigenvalue weighted by Gasteiger charge is 2.13. The van der Waals surface area contributed by atoms with E-state index in [1.165, 1.54) is 6.92 Å². The number of ether oxygens (including phenoxy) is 7. The molecule has 268 valence electrons. The molecule has 0 heterocycles. The molecule has 0 amide bonds. The number of esters is 2. The topological polar surface area (TPSA) is 162 Å². The van der Waals surface area contributed by atoms with E-state index < -0.39 is 28.3 Å². The maximum Gasteiger partial charge on any atom is 0.334 e. The quantitative estimate of drug-likeness (QED) is 0.109. The maximum absolute atomic E-state index is 11.3. The molecule has 0 aliphatic heterocycles. The lowest BCUT2D eigenvalue weighted by molar-refractivity contribution is -0.156. The van der Waals surface area contributed by atoms with E-state index in [9.17, 15) is 18.0 Å². The molecule has 0 aliphatic carbocycles. The van der Waals surface area contributed by atoms with Crippen LogP contribution in [0.1, 0.15) is 38.8 Å². The molecule has 0 unspecified atom stereocenters. The molecule has 2 rings (SSSR count). The summed E-state index contributed by atoms with van der Waals surface area (Å²) in [5.74, 6) is -0.906. The molecule has 2 atom stereocenters. The Morgan fingerprint density at radius 3 is 1.45 bits per heavy atom. The van der Waals surface area contributed by atoms with E-state index in [4.69, 9.17) is 33.5 Å². The average molecular weight is 689 g/mol. The largest absolute Gasteiger partial charge is 0.464 e. The minimum absolute atomic E-state index is 0.0392. The first-order chi connectivity index (χ1) is 22.5. The van der Waals surface area contributed by atoms with Gasteiger partial charge in [0.1, 0.15) is 6.10 Å². The molecule has 13 nitrogen and oxygen atoms in total. The molecule has 47 heavy (non-hydrogen) atoms. The minimum Gasteiger partial charge on any atom is -0.464 e. The maximum atomic E-state index is 11.3. The fraction of sp³-hybridized carbons (Fsp3) is 0.576. The van der Waals surface area contributed by atoms with Crippen molar-refractivity contribution in [2.75, 3.05) is 72.3 Å². The van der Waals surface area contributed by atoms with E-state index in [1.807, 2.05) is 60.7 Å². The molecule has 14 heteroatoms. The Morgan fingerprint density at radius 2 is 1.04 bits per heavy atom. The fourth-order valence-corrected chi connectivity index (χ4v) is 3.46. The third kappa shape index (κ3) is 29.0. The zero-order chi connectivity index (χ0) is 35.2. The summed E-state index contributed by atoms with van der Waals surface area (Å²) in [4.78, 5) is 21.5. The SMILES string of the molecule is CCOC(=O)[C@H](C)O.CCOC(=O)[C@H](C)OCCOCCOCc1ccccc1.CS(=O)(=O)OCCOCCOCc1ccccc1. The smallest absolute Gasteiger partial charge is 0.334 e. The van der Waals surface area contributed by atoms with Crippen LogP contribution in [0.3, 0.4) is 0 Å². The second-order valence-corrected chi connectivity index (χ2v) is 11.2. The summed E-state index contributed by atoms with van der Waals surface area (Å²) in [7, 11) is -3.37. The monoisotopic (exact) mass is 688 g/mol. The van der Waals surface area contributed by atoms with Gasteiger partial charge in [0, 0.05) is 0 Å². The zero-order valence-electron chi connectivity index (χ0n) is 28.2. The summed E-state index contributed by atoms with van der Waals surface area (Å²) in [6.45, 7) is 11.3. The van der Waals surface area contributed by atoms with Gasteiger partial charge >= 0.3 is 11.9 Å². The van der Waals surface area contributed by atoms with Crippen LogP contribution in [-0.2, 0) is 70.3 Å². The molecule has 0 aliphatic rings. The van der Waals surface area contributed by atoms with Gasteiger partial charge in [-0.15, -0.1) is 0 Å². The van der Waals surface area contributed by atoms with Crippen molar-refractivity contribution in [3.8, 4) is 0 Å². The van der Waals surface area contributed by atoms with Crippen LogP contribution < -0.4 is 0 Å². The van der Waals surface area contributed by atoms with Gasteiger partial charge < -0.3 is 38.3 Å². The van der Waals surface area contributed by atoms with Crippen molar-refractivity contribution < 1.29 is 60.5 Å². The van der Waals surface area contributed by atoms with E-state index in [1.54, 1.807) is 20.8 Å². The van der Waals surface area contributed by atoms with E-state index in [0.29, 0.717) is 66.1 Å². The summed E-state index contributed by atoms with van der Waals surface area (Å²) in [6.07, 6.45) is -0.534. The van der Waals surface area contributed by atoms with Gasteiger partial charge in [0.15, 0.2) is 6.10 Å². The first-order valence-corrected chi connectivity index (χ1v) is 17.2. The predicted octanol–water partition coefficient (Wildman–Crippen LogP) is 3.31. The van der Waals surface area contributed by atoms with E-state index in [0.717, 1.165) is 17.4 Å². The second-order valence-electron chi connectivity index (χ2n) is 9.52. The van der Waals surface area contributed by atoms with Gasteiger partial charge in [-0.3, -0.25) is 4.18 Å². The van der Waals surface area contributed by atoms with Gasteiger partial charge in [0.05, 0.1) is 85.5 Å². The molecule has 0 spiro atoms. The molecular weight excluding hydrogens is 636 g/mol. The number of aliphatic hydroxyl groups excluding tert-OH is 1. The number of benzene rings is 2. The van der Waals surface area contributed by atoms with Crippen LogP contribution in [0, 0.1) is 0 Å². The summed E-state index contributed by atoms with van der Waals surface area (Å²) in [5.41, 5.74) is 2.25. The normalized spacial score (nSPS) is 12.0. The minimum atomic E-state index is -3.37.